The first-order chi connectivity index (χ1) is 7.78. The molecule has 0 aliphatic carbocycles. The standard InChI is InChI=1S/C11H11FN4/c1-13-10-6-11(15-7-14-10)16-9-4-2-8(12)3-5-9/h2-7H,1H3,(H2,13,14,15,16). The van der Waals surface area contributed by atoms with Crippen LogP contribution >= 0.6 is 0 Å². The molecule has 1 heterocycles. The monoisotopic (exact) mass is 218 g/mol. The van der Waals surface area contributed by atoms with Crippen LogP contribution in [0.15, 0.2) is 36.7 Å². The van der Waals surface area contributed by atoms with Gasteiger partial charge in [0.15, 0.2) is 0 Å². The third-order valence-electron chi connectivity index (χ3n) is 2.04. The highest BCUT2D eigenvalue weighted by molar-refractivity contribution is 5.58. The summed E-state index contributed by atoms with van der Waals surface area (Å²) in [5.41, 5.74) is 0.780. The second-order valence-electron chi connectivity index (χ2n) is 3.17. The van der Waals surface area contributed by atoms with Gasteiger partial charge < -0.3 is 10.6 Å². The second kappa shape index (κ2) is 4.57. The number of benzene rings is 1. The summed E-state index contributed by atoms with van der Waals surface area (Å²) in [6.07, 6.45) is 1.46. The maximum atomic E-state index is 12.7. The Bertz CT molecular complexity index is 470. The molecule has 16 heavy (non-hydrogen) atoms. The molecule has 0 bridgehead atoms. The minimum absolute atomic E-state index is 0.260. The minimum atomic E-state index is -0.260. The highest BCUT2D eigenvalue weighted by atomic mass is 19.1. The smallest absolute Gasteiger partial charge is 0.135 e. The van der Waals surface area contributed by atoms with Gasteiger partial charge in [-0.25, -0.2) is 14.4 Å². The molecule has 0 fully saturated rings. The summed E-state index contributed by atoms with van der Waals surface area (Å²) in [5, 5.41) is 5.96. The molecule has 0 amide bonds. The van der Waals surface area contributed by atoms with Gasteiger partial charge in [0.1, 0.15) is 23.8 Å². The Labute approximate surface area is 92.6 Å². The van der Waals surface area contributed by atoms with E-state index in [4.69, 9.17) is 0 Å². The zero-order valence-electron chi connectivity index (χ0n) is 8.74. The van der Waals surface area contributed by atoms with Gasteiger partial charge in [-0.2, -0.15) is 0 Å². The van der Waals surface area contributed by atoms with Gasteiger partial charge in [-0.15, -0.1) is 0 Å². The molecule has 0 spiro atoms. The molecule has 4 nitrogen and oxygen atoms in total. The number of nitrogens with one attached hydrogen (secondary N) is 2. The van der Waals surface area contributed by atoms with E-state index < -0.39 is 0 Å². The van der Waals surface area contributed by atoms with Crippen LogP contribution in [0, 0.1) is 5.82 Å². The molecule has 0 unspecified atom stereocenters. The van der Waals surface area contributed by atoms with Crippen LogP contribution in [-0.4, -0.2) is 17.0 Å². The fourth-order valence-electron chi connectivity index (χ4n) is 1.24. The number of rotatable bonds is 3. The van der Waals surface area contributed by atoms with E-state index in [2.05, 4.69) is 20.6 Å². The third kappa shape index (κ3) is 2.44. The van der Waals surface area contributed by atoms with Crippen LogP contribution in [0.25, 0.3) is 0 Å². The lowest BCUT2D eigenvalue weighted by Gasteiger charge is -2.06. The van der Waals surface area contributed by atoms with Gasteiger partial charge >= 0.3 is 0 Å². The normalized spacial score (nSPS) is 9.88. The van der Waals surface area contributed by atoms with Crippen molar-refractivity contribution in [2.75, 3.05) is 17.7 Å². The van der Waals surface area contributed by atoms with Crippen LogP contribution < -0.4 is 10.6 Å². The van der Waals surface area contributed by atoms with E-state index in [-0.39, 0.29) is 5.82 Å². The van der Waals surface area contributed by atoms with Gasteiger partial charge in [0.25, 0.3) is 0 Å². The number of halogens is 1. The van der Waals surface area contributed by atoms with Crippen molar-refractivity contribution in [3.8, 4) is 0 Å². The molecule has 0 atom stereocenters. The lowest BCUT2D eigenvalue weighted by molar-refractivity contribution is 0.628. The highest BCUT2D eigenvalue weighted by Gasteiger charge is 1.98. The summed E-state index contributed by atoms with van der Waals surface area (Å²) in [6.45, 7) is 0. The van der Waals surface area contributed by atoms with Gasteiger partial charge in [0.05, 0.1) is 0 Å². The molecular formula is C11H11FN4. The molecule has 0 aliphatic rings. The van der Waals surface area contributed by atoms with E-state index in [1.807, 2.05) is 0 Å². The third-order valence-corrected chi connectivity index (χ3v) is 2.04. The molecule has 2 rings (SSSR count). The van der Waals surface area contributed by atoms with Crippen molar-refractivity contribution in [1.82, 2.24) is 9.97 Å². The van der Waals surface area contributed by atoms with Gasteiger partial charge in [0, 0.05) is 18.8 Å². The van der Waals surface area contributed by atoms with E-state index in [1.54, 1.807) is 25.2 Å². The molecule has 0 radical (unpaired) electrons. The van der Waals surface area contributed by atoms with Gasteiger partial charge in [-0.3, -0.25) is 0 Å². The van der Waals surface area contributed by atoms with Crippen molar-refractivity contribution in [3.63, 3.8) is 0 Å². The van der Waals surface area contributed by atoms with Crippen molar-refractivity contribution in [1.29, 1.82) is 0 Å². The topological polar surface area (TPSA) is 49.8 Å². The molecule has 0 aliphatic heterocycles. The van der Waals surface area contributed by atoms with Crippen molar-refractivity contribution >= 4 is 17.3 Å². The Morgan fingerprint density at radius 3 is 2.44 bits per heavy atom. The maximum absolute atomic E-state index is 12.7. The van der Waals surface area contributed by atoms with Crippen molar-refractivity contribution in [2.24, 2.45) is 0 Å². The second-order valence-corrected chi connectivity index (χ2v) is 3.17. The van der Waals surface area contributed by atoms with Crippen molar-refractivity contribution < 1.29 is 4.39 Å². The Balaban J connectivity index is 2.16. The SMILES string of the molecule is CNc1cc(Nc2ccc(F)cc2)ncn1. The molecule has 0 saturated heterocycles. The van der Waals surface area contributed by atoms with Gasteiger partial charge in [-0.1, -0.05) is 0 Å². The molecular weight excluding hydrogens is 207 g/mol. The predicted octanol–water partition coefficient (Wildman–Crippen LogP) is 2.40. The molecule has 0 saturated carbocycles. The number of hydrogen-bond acceptors (Lipinski definition) is 4. The Hall–Kier alpha value is -2.17. The van der Waals surface area contributed by atoms with E-state index in [9.17, 15) is 4.39 Å². The summed E-state index contributed by atoms with van der Waals surface area (Å²) in [7, 11) is 1.78. The number of nitrogens with zero attached hydrogens (tertiary/aromatic N) is 2. The Morgan fingerprint density at radius 2 is 1.75 bits per heavy atom. The van der Waals surface area contributed by atoms with Crippen LogP contribution in [0.2, 0.25) is 0 Å². The van der Waals surface area contributed by atoms with Crippen LogP contribution in [0.5, 0.6) is 0 Å². The fourth-order valence-corrected chi connectivity index (χ4v) is 1.24. The molecule has 2 aromatic rings. The Morgan fingerprint density at radius 1 is 1.06 bits per heavy atom. The lowest BCUT2D eigenvalue weighted by atomic mass is 10.3. The number of hydrogen-bond donors (Lipinski definition) is 2. The number of anilines is 3. The zero-order valence-corrected chi connectivity index (χ0v) is 8.74. The highest BCUT2D eigenvalue weighted by Crippen LogP contribution is 2.16. The summed E-state index contributed by atoms with van der Waals surface area (Å²) in [6, 6.07) is 7.85. The zero-order chi connectivity index (χ0) is 11.4. The average Bonchev–Trinajstić information content (AvgIpc) is 2.32. The van der Waals surface area contributed by atoms with Crippen LogP contribution in [0.4, 0.5) is 21.7 Å². The summed E-state index contributed by atoms with van der Waals surface area (Å²) in [5.74, 6) is 1.12. The molecule has 5 heteroatoms. The van der Waals surface area contributed by atoms with Crippen LogP contribution in [-0.2, 0) is 0 Å². The first-order valence-corrected chi connectivity index (χ1v) is 4.80. The summed E-state index contributed by atoms with van der Waals surface area (Å²) in [4.78, 5) is 8.04. The van der Waals surface area contributed by atoms with Gasteiger partial charge in [0.2, 0.25) is 0 Å². The van der Waals surface area contributed by atoms with E-state index in [1.165, 1.54) is 18.5 Å². The van der Waals surface area contributed by atoms with E-state index in [0.29, 0.717) is 5.82 Å². The molecule has 1 aromatic heterocycles. The van der Waals surface area contributed by atoms with Crippen molar-refractivity contribution in [2.45, 2.75) is 0 Å². The fraction of sp³-hybridized carbons (Fsp3) is 0.0909. The largest absolute Gasteiger partial charge is 0.373 e. The van der Waals surface area contributed by atoms with Crippen LogP contribution in [0.3, 0.4) is 0 Å². The predicted molar refractivity (Wildman–Crippen MR) is 61.3 cm³/mol. The van der Waals surface area contributed by atoms with E-state index >= 15 is 0 Å². The number of aromatic nitrogens is 2. The minimum Gasteiger partial charge on any atom is -0.373 e. The lowest BCUT2D eigenvalue weighted by Crippen LogP contribution is -1.97. The molecule has 2 N–H and O–H groups in total. The maximum Gasteiger partial charge on any atom is 0.135 e. The van der Waals surface area contributed by atoms with Crippen molar-refractivity contribution in [3.05, 3.63) is 42.5 Å². The van der Waals surface area contributed by atoms with Gasteiger partial charge in [-0.05, 0) is 24.3 Å². The first-order valence-electron chi connectivity index (χ1n) is 4.80. The molecule has 1 aromatic carbocycles. The van der Waals surface area contributed by atoms with Crippen LogP contribution in [0.1, 0.15) is 0 Å². The quantitative estimate of drug-likeness (QED) is 0.830. The Kier molecular flexibility index (Phi) is 2.95. The molecule has 82 valence electrons. The average molecular weight is 218 g/mol. The summed E-state index contributed by atoms with van der Waals surface area (Å²) < 4.78 is 12.7. The van der Waals surface area contributed by atoms with E-state index in [0.717, 1.165) is 11.5 Å². The first kappa shape index (κ1) is 10.4. The summed E-state index contributed by atoms with van der Waals surface area (Å²) >= 11 is 0.